The second-order valence-electron chi connectivity index (χ2n) is 5.82. The van der Waals surface area contributed by atoms with Gasteiger partial charge in [0.2, 0.25) is 11.8 Å². The number of amides is 2. The summed E-state index contributed by atoms with van der Waals surface area (Å²) in [5.41, 5.74) is 0.624. The Hall–Kier alpha value is -2.38. The lowest BCUT2D eigenvalue weighted by Crippen LogP contribution is -2.41. The fourth-order valence-corrected chi connectivity index (χ4v) is 3.17. The topological polar surface area (TPSA) is 70.7 Å². The van der Waals surface area contributed by atoms with Crippen LogP contribution in [0.2, 0.25) is 0 Å². The molecule has 2 rings (SSSR count). The third-order valence-electron chi connectivity index (χ3n) is 3.70. The van der Waals surface area contributed by atoms with E-state index in [4.69, 9.17) is 4.74 Å². The molecule has 6 nitrogen and oxygen atoms in total. The normalized spacial score (nSPS) is 10.6. The van der Waals surface area contributed by atoms with Crippen molar-refractivity contribution in [2.45, 2.75) is 19.9 Å². The predicted molar refractivity (Wildman–Crippen MR) is 105 cm³/mol. The number of ether oxygens (including phenoxy) is 1. The predicted octanol–water partition coefficient (Wildman–Crippen LogP) is 2.72. The summed E-state index contributed by atoms with van der Waals surface area (Å²) in [5, 5.41) is 7.71. The van der Waals surface area contributed by atoms with Crippen molar-refractivity contribution < 1.29 is 14.3 Å². The van der Waals surface area contributed by atoms with Gasteiger partial charge in [-0.1, -0.05) is 25.1 Å². The molecule has 0 saturated heterocycles. The van der Waals surface area contributed by atoms with E-state index in [-0.39, 0.29) is 24.9 Å². The molecule has 0 aliphatic rings. The minimum Gasteiger partial charge on any atom is -0.495 e. The van der Waals surface area contributed by atoms with Gasteiger partial charge in [-0.05, 0) is 36.5 Å². The maximum atomic E-state index is 12.4. The Kier molecular flexibility index (Phi) is 8.11. The summed E-state index contributed by atoms with van der Waals surface area (Å²) in [5.74, 6) is 0.350. The van der Waals surface area contributed by atoms with E-state index in [1.165, 1.54) is 0 Å². The van der Waals surface area contributed by atoms with Crippen LogP contribution in [0.1, 0.15) is 18.2 Å². The van der Waals surface area contributed by atoms with E-state index in [0.29, 0.717) is 24.5 Å². The molecule has 0 unspecified atom stereocenters. The number of anilines is 1. The summed E-state index contributed by atoms with van der Waals surface area (Å²) in [4.78, 5) is 27.5. The number of carbonyl (C=O) groups excluding carboxylic acids is 2. The molecule has 1 aromatic carbocycles. The fourth-order valence-electron chi connectivity index (χ4n) is 2.53. The third kappa shape index (κ3) is 6.50. The quantitative estimate of drug-likeness (QED) is 0.670. The van der Waals surface area contributed by atoms with Crippen LogP contribution in [0.15, 0.2) is 41.8 Å². The molecule has 26 heavy (non-hydrogen) atoms. The van der Waals surface area contributed by atoms with Gasteiger partial charge in [0.1, 0.15) is 5.75 Å². The van der Waals surface area contributed by atoms with E-state index in [0.717, 1.165) is 11.3 Å². The number of para-hydroxylation sites is 2. The monoisotopic (exact) mass is 375 g/mol. The van der Waals surface area contributed by atoms with Gasteiger partial charge in [-0.2, -0.15) is 0 Å². The Balaban J connectivity index is 1.85. The molecule has 0 bridgehead atoms. The van der Waals surface area contributed by atoms with E-state index in [1.54, 1.807) is 30.6 Å². The molecule has 1 aromatic heterocycles. The van der Waals surface area contributed by atoms with Gasteiger partial charge < -0.3 is 15.4 Å². The second kappa shape index (κ2) is 10.6. The Morgan fingerprint density at radius 1 is 1.12 bits per heavy atom. The van der Waals surface area contributed by atoms with Crippen molar-refractivity contribution in [1.82, 2.24) is 10.2 Å². The lowest BCUT2D eigenvalue weighted by molar-refractivity contribution is -0.123. The molecule has 1 heterocycles. The van der Waals surface area contributed by atoms with E-state index in [9.17, 15) is 9.59 Å². The molecule has 0 atom stereocenters. The molecule has 7 heteroatoms. The molecular formula is C19H25N3O3S. The Labute approximate surface area is 158 Å². The van der Waals surface area contributed by atoms with E-state index < -0.39 is 0 Å². The van der Waals surface area contributed by atoms with Crippen LogP contribution in [-0.4, -0.2) is 43.5 Å². The molecule has 0 spiro atoms. The third-order valence-corrected chi connectivity index (χ3v) is 4.57. The van der Waals surface area contributed by atoms with Crippen molar-refractivity contribution in [3.8, 4) is 5.75 Å². The average Bonchev–Trinajstić information content (AvgIpc) is 3.14. The first kappa shape index (κ1) is 19.9. The Morgan fingerprint density at radius 2 is 1.88 bits per heavy atom. The standard InChI is InChI=1S/C19H25N3O3S/c1-3-10-22(13-18(23)20-12-15-7-6-11-26-15)14-19(24)21-16-8-4-5-9-17(16)25-2/h4-9,11H,3,10,12-14H2,1-2H3,(H,20,23)(H,21,24). The highest BCUT2D eigenvalue weighted by Gasteiger charge is 2.15. The number of methoxy groups -OCH3 is 1. The van der Waals surface area contributed by atoms with Gasteiger partial charge >= 0.3 is 0 Å². The van der Waals surface area contributed by atoms with Gasteiger partial charge in [-0.3, -0.25) is 14.5 Å². The van der Waals surface area contributed by atoms with Crippen molar-refractivity contribution in [2.24, 2.45) is 0 Å². The summed E-state index contributed by atoms with van der Waals surface area (Å²) in [6, 6.07) is 11.2. The fraction of sp³-hybridized carbons (Fsp3) is 0.368. The smallest absolute Gasteiger partial charge is 0.238 e. The van der Waals surface area contributed by atoms with Crippen LogP contribution in [0.5, 0.6) is 5.75 Å². The van der Waals surface area contributed by atoms with Crippen LogP contribution in [0.4, 0.5) is 5.69 Å². The summed E-state index contributed by atoms with van der Waals surface area (Å²) in [6.45, 7) is 3.56. The van der Waals surface area contributed by atoms with Crippen LogP contribution < -0.4 is 15.4 Å². The number of benzene rings is 1. The van der Waals surface area contributed by atoms with Crippen molar-refractivity contribution in [2.75, 3.05) is 32.1 Å². The van der Waals surface area contributed by atoms with E-state index in [2.05, 4.69) is 10.6 Å². The molecule has 0 fully saturated rings. The van der Waals surface area contributed by atoms with Crippen molar-refractivity contribution in [1.29, 1.82) is 0 Å². The minimum atomic E-state index is -0.172. The zero-order valence-electron chi connectivity index (χ0n) is 15.2. The van der Waals surface area contributed by atoms with Gasteiger partial charge in [-0.25, -0.2) is 0 Å². The first-order valence-corrected chi connectivity index (χ1v) is 9.44. The molecule has 140 valence electrons. The molecule has 2 aromatic rings. The van der Waals surface area contributed by atoms with Gasteiger partial charge in [0, 0.05) is 4.88 Å². The highest BCUT2D eigenvalue weighted by molar-refractivity contribution is 7.09. The Bertz CT molecular complexity index is 704. The van der Waals surface area contributed by atoms with Crippen LogP contribution in [0.25, 0.3) is 0 Å². The van der Waals surface area contributed by atoms with Gasteiger partial charge in [-0.15, -0.1) is 11.3 Å². The average molecular weight is 375 g/mol. The summed E-state index contributed by atoms with van der Waals surface area (Å²) >= 11 is 1.61. The van der Waals surface area contributed by atoms with Crippen molar-refractivity contribution in [3.05, 3.63) is 46.7 Å². The van der Waals surface area contributed by atoms with E-state index >= 15 is 0 Å². The SMILES string of the molecule is CCCN(CC(=O)NCc1cccs1)CC(=O)Nc1ccccc1OC. The number of nitrogens with zero attached hydrogens (tertiary/aromatic N) is 1. The first-order valence-electron chi connectivity index (χ1n) is 8.56. The second-order valence-corrected chi connectivity index (χ2v) is 6.85. The minimum absolute atomic E-state index is 0.0862. The number of rotatable bonds is 10. The zero-order chi connectivity index (χ0) is 18.8. The number of thiophene rings is 1. The number of nitrogens with one attached hydrogen (secondary N) is 2. The van der Waals surface area contributed by atoms with Crippen LogP contribution >= 0.6 is 11.3 Å². The zero-order valence-corrected chi connectivity index (χ0v) is 16.0. The molecule has 0 radical (unpaired) electrons. The maximum Gasteiger partial charge on any atom is 0.238 e. The first-order chi connectivity index (χ1) is 12.6. The van der Waals surface area contributed by atoms with Gasteiger partial charge in [0.05, 0.1) is 32.4 Å². The van der Waals surface area contributed by atoms with Crippen LogP contribution in [0.3, 0.4) is 0 Å². The maximum absolute atomic E-state index is 12.4. The largest absolute Gasteiger partial charge is 0.495 e. The van der Waals surface area contributed by atoms with Crippen molar-refractivity contribution >= 4 is 28.8 Å². The van der Waals surface area contributed by atoms with Crippen LogP contribution in [0, 0.1) is 0 Å². The van der Waals surface area contributed by atoms with Gasteiger partial charge in [0.25, 0.3) is 0 Å². The molecule has 0 aliphatic heterocycles. The summed E-state index contributed by atoms with van der Waals surface area (Å²) in [6.07, 6.45) is 0.861. The highest BCUT2D eigenvalue weighted by Crippen LogP contribution is 2.22. The summed E-state index contributed by atoms with van der Waals surface area (Å²) in [7, 11) is 1.56. The van der Waals surface area contributed by atoms with E-state index in [1.807, 2.05) is 41.5 Å². The molecular weight excluding hydrogens is 350 g/mol. The molecule has 2 N–H and O–H groups in total. The molecule has 0 aliphatic carbocycles. The van der Waals surface area contributed by atoms with Gasteiger partial charge in [0.15, 0.2) is 0 Å². The summed E-state index contributed by atoms with van der Waals surface area (Å²) < 4.78 is 5.24. The lowest BCUT2D eigenvalue weighted by atomic mass is 10.3. The molecule has 0 saturated carbocycles. The Morgan fingerprint density at radius 3 is 2.58 bits per heavy atom. The lowest BCUT2D eigenvalue weighted by Gasteiger charge is -2.21. The number of carbonyl (C=O) groups is 2. The van der Waals surface area contributed by atoms with Crippen LogP contribution in [-0.2, 0) is 16.1 Å². The number of hydrogen-bond acceptors (Lipinski definition) is 5. The van der Waals surface area contributed by atoms with Crippen molar-refractivity contribution in [3.63, 3.8) is 0 Å². The molecule has 2 amide bonds. The highest BCUT2D eigenvalue weighted by atomic mass is 32.1. The number of hydrogen-bond donors (Lipinski definition) is 2.